The van der Waals surface area contributed by atoms with Crippen molar-refractivity contribution in [1.82, 2.24) is 9.47 Å². The molecular formula is C24H29FN4O2. The molecule has 0 bridgehead atoms. The Kier molecular flexibility index (Phi) is 7.13. The van der Waals surface area contributed by atoms with E-state index in [1.54, 1.807) is 30.2 Å². The van der Waals surface area contributed by atoms with E-state index in [0.717, 1.165) is 22.6 Å². The second-order valence-electron chi connectivity index (χ2n) is 7.93. The Labute approximate surface area is 183 Å². The van der Waals surface area contributed by atoms with Crippen molar-refractivity contribution in [3.8, 4) is 6.07 Å². The first kappa shape index (κ1) is 22.6. The zero-order valence-electron chi connectivity index (χ0n) is 18.6. The zero-order valence-corrected chi connectivity index (χ0v) is 18.6. The summed E-state index contributed by atoms with van der Waals surface area (Å²) in [5.74, 6) is -0.520. The number of halogens is 1. The van der Waals surface area contributed by atoms with Crippen LogP contribution >= 0.6 is 0 Å². The lowest BCUT2D eigenvalue weighted by molar-refractivity contribution is -0.126. The molecule has 3 rings (SSSR count). The number of rotatable bonds is 6. The molecule has 7 heteroatoms. The zero-order chi connectivity index (χ0) is 22.5. The number of amides is 1. The van der Waals surface area contributed by atoms with Gasteiger partial charge in [0.05, 0.1) is 12.6 Å². The first-order valence-electron chi connectivity index (χ1n) is 10.4. The van der Waals surface area contributed by atoms with E-state index in [1.165, 1.54) is 12.1 Å². The van der Waals surface area contributed by atoms with Crippen LogP contribution in [0.25, 0.3) is 6.08 Å². The highest BCUT2D eigenvalue weighted by Crippen LogP contribution is 2.24. The molecule has 1 amide bonds. The number of anilines is 1. The number of methoxy groups -OCH3 is 1. The highest BCUT2D eigenvalue weighted by molar-refractivity contribution is 6.02. The van der Waals surface area contributed by atoms with Gasteiger partial charge in [-0.1, -0.05) is 0 Å². The molecule has 2 aromatic rings. The number of carbonyl (C=O) groups is 1. The minimum atomic E-state index is -0.266. The van der Waals surface area contributed by atoms with Gasteiger partial charge in [-0.2, -0.15) is 5.26 Å². The minimum Gasteiger partial charge on any atom is -0.383 e. The molecule has 1 atom stereocenters. The molecule has 0 saturated carbocycles. The van der Waals surface area contributed by atoms with E-state index in [4.69, 9.17) is 4.74 Å². The molecule has 164 valence electrons. The van der Waals surface area contributed by atoms with Crippen molar-refractivity contribution >= 4 is 17.7 Å². The van der Waals surface area contributed by atoms with Gasteiger partial charge in [0.2, 0.25) is 0 Å². The first-order chi connectivity index (χ1) is 14.8. The monoisotopic (exact) mass is 424 g/mol. The second-order valence-corrected chi connectivity index (χ2v) is 7.93. The number of hydrogen-bond donors (Lipinski definition) is 0. The van der Waals surface area contributed by atoms with Crippen LogP contribution in [-0.2, 0) is 9.53 Å². The number of carbonyl (C=O) groups excluding carboxylic acids is 1. The molecule has 1 fully saturated rings. The number of piperazine rings is 1. The van der Waals surface area contributed by atoms with Crippen LogP contribution < -0.4 is 4.90 Å². The number of aromatic nitrogens is 1. The lowest BCUT2D eigenvalue weighted by Gasteiger charge is -2.36. The largest absolute Gasteiger partial charge is 0.383 e. The fourth-order valence-corrected chi connectivity index (χ4v) is 4.23. The predicted molar refractivity (Wildman–Crippen MR) is 119 cm³/mol. The molecule has 0 radical (unpaired) electrons. The summed E-state index contributed by atoms with van der Waals surface area (Å²) in [6.45, 7) is 8.97. The number of hydrogen-bond acceptors (Lipinski definition) is 4. The molecule has 2 heterocycles. The van der Waals surface area contributed by atoms with Gasteiger partial charge in [0, 0.05) is 50.4 Å². The predicted octanol–water partition coefficient (Wildman–Crippen LogP) is 3.71. The Morgan fingerprint density at radius 1 is 1.23 bits per heavy atom. The van der Waals surface area contributed by atoms with Crippen LogP contribution in [0, 0.1) is 31.0 Å². The normalized spacial score (nSPS) is 15.7. The summed E-state index contributed by atoms with van der Waals surface area (Å²) < 4.78 is 20.6. The maximum Gasteiger partial charge on any atom is 0.264 e. The molecule has 1 unspecified atom stereocenters. The van der Waals surface area contributed by atoms with Gasteiger partial charge >= 0.3 is 0 Å². The molecule has 1 aromatic heterocycles. The molecule has 31 heavy (non-hydrogen) atoms. The highest BCUT2D eigenvalue weighted by Gasteiger charge is 2.24. The maximum atomic E-state index is 13.1. The van der Waals surface area contributed by atoms with Crippen molar-refractivity contribution in [3.63, 3.8) is 0 Å². The van der Waals surface area contributed by atoms with Crippen molar-refractivity contribution in [2.75, 3.05) is 44.8 Å². The third kappa shape index (κ3) is 4.97. The third-order valence-corrected chi connectivity index (χ3v) is 5.78. The molecule has 1 aliphatic heterocycles. The first-order valence-corrected chi connectivity index (χ1v) is 10.4. The smallest absolute Gasteiger partial charge is 0.264 e. The van der Waals surface area contributed by atoms with E-state index in [-0.39, 0.29) is 23.3 Å². The second kappa shape index (κ2) is 9.80. The summed E-state index contributed by atoms with van der Waals surface area (Å²) in [4.78, 5) is 16.8. The number of ether oxygens (including phenoxy) is 1. The molecule has 0 N–H and O–H groups in total. The van der Waals surface area contributed by atoms with Gasteiger partial charge < -0.3 is 19.1 Å². The molecule has 6 nitrogen and oxygen atoms in total. The molecule has 1 aliphatic rings. The van der Waals surface area contributed by atoms with Crippen LogP contribution in [0.4, 0.5) is 10.1 Å². The fourth-order valence-electron chi connectivity index (χ4n) is 4.23. The maximum absolute atomic E-state index is 13.1. The van der Waals surface area contributed by atoms with Gasteiger partial charge in [-0.3, -0.25) is 4.79 Å². The highest BCUT2D eigenvalue weighted by atomic mass is 19.1. The van der Waals surface area contributed by atoms with E-state index in [9.17, 15) is 14.4 Å². The Morgan fingerprint density at radius 3 is 2.45 bits per heavy atom. The Balaban J connectivity index is 1.72. The molecular weight excluding hydrogens is 395 g/mol. The number of nitriles is 1. The number of nitrogens with zero attached hydrogens (tertiary/aromatic N) is 4. The summed E-state index contributed by atoms with van der Waals surface area (Å²) in [5.41, 5.74) is 4.00. The van der Waals surface area contributed by atoms with Gasteiger partial charge in [-0.25, -0.2) is 4.39 Å². The fraction of sp³-hybridized carbons (Fsp3) is 0.417. The summed E-state index contributed by atoms with van der Waals surface area (Å²) in [7, 11) is 1.67. The van der Waals surface area contributed by atoms with Gasteiger partial charge in [0.25, 0.3) is 5.91 Å². The Bertz CT molecular complexity index is 996. The van der Waals surface area contributed by atoms with Crippen LogP contribution in [0.5, 0.6) is 0 Å². The van der Waals surface area contributed by atoms with Crippen molar-refractivity contribution in [1.29, 1.82) is 5.26 Å². The average Bonchev–Trinajstić information content (AvgIpc) is 3.05. The summed E-state index contributed by atoms with van der Waals surface area (Å²) in [6, 6.07) is 10.6. The van der Waals surface area contributed by atoms with Crippen LogP contribution in [-0.4, -0.2) is 55.3 Å². The van der Waals surface area contributed by atoms with E-state index < -0.39 is 0 Å². The Morgan fingerprint density at radius 2 is 1.87 bits per heavy atom. The van der Waals surface area contributed by atoms with Crippen LogP contribution in [0.3, 0.4) is 0 Å². The minimum absolute atomic E-state index is 0.134. The van der Waals surface area contributed by atoms with Crippen molar-refractivity contribution in [3.05, 3.63) is 58.7 Å². The number of benzene rings is 1. The van der Waals surface area contributed by atoms with E-state index in [2.05, 4.69) is 22.5 Å². The van der Waals surface area contributed by atoms with Crippen LogP contribution in [0.1, 0.15) is 29.9 Å². The van der Waals surface area contributed by atoms with Gasteiger partial charge in [-0.15, -0.1) is 0 Å². The van der Waals surface area contributed by atoms with Crippen molar-refractivity contribution < 1.29 is 13.9 Å². The van der Waals surface area contributed by atoms with Crippen LogP contribution in [0.2, 0.25) is 0 Å². The molecule has 0 aliphatic carbocycles. The van der Waals surface area contributed by atoms with Gasteiger partial charge in [0.1, 0.15) is 17.5 Å². The lowest BCUT2D eigenvalue weighted by atomic mass is 10.1. The SMILES string of the molecule is COCC(C)n1c(C)cc(/C=C(\C#N)C(=O)N2CCN(c3ccc(F)cc3)CC2)c1C. The van der Waals surface area contributed by atoms with E-state index in [1.807, 2.05) is 19.9 Å². The topological polar surface area (TPSA) is 61.5 Å². The third-order valence-electron chi connectivity index (χ3n) is 5.78. The standard InChI is InChI=1S/C24H29FN4O2/c1-17-13-20(19(3)29(17)18(2)16-31-4)14-21(15-26)24(30)28-11-9-27(10-12-28)23-7-5-22(25)6-8-23/h5-8,13-14,18H,9-12,16H2,1-4H3/b21-14+. The van der Waals surface area contributed by atoms with Crippen LogP contribution in [0.15, 0.2) is 35.9 Å². The van der Waals surface area contributed by atoms with Crippen molar-refractivity contribution in [2.45, 2.75) is 26.8 Å². The molecule has 0 spiro atoms. The van der Waals surface area contributed by atoms with Gasteiger partial charge in [0.15, 0.2) is 0 Å². The Hall–Kier alpha value is -3.11. The van der Waals surface area contributed by atoms with Crippen molar-refractivity contribution in [2.24, 2.45) is 0 Å². The quantitative estimate of drug-likeness (QED) is 0.524. The van der Waals surface area contributed by atoms with Gasteiger partial charge in [-0.05, 0) is 62.7 Å². The van der Waals surface area contributed by atoms with E-state index >= 15 is 0 Å². The molecule has 1 aromatic carbocycles. The summed E-state index contributed by atoms with van der Waals surface area (Å²) >= 11 is 0. The lowest BCUT2D eigenvalue weighted by Crippen LogP contribution is -2.49. The summed E-state index contributed by atoms with van der Waals surface area (Å²) in [6.07, 6.45) is 1.69. The average molecular weight is 425 g/mol. The number of aryl methyl sites for hydroxylation is 1. The summed E-state index contributed by atoms with van der Waals surface area (Å²) in [5, 5.41) is 9.67. The van der Waals surface area contributed by atoms with E-state index in [0.29, 0.717) is 32.8 Å². The molecule has 1 saturated heterocycles.